The number of methoxy groups -OCH3 is 1. The molecule has 1 saturated heterocycles. The maximum Gasteiger partial charge on any atom is 0.310 e. The zero-order chi connectivity index (χ0) is 14.2. The van der Waals surface area contributed by atoms with Crippen molar-refractivity contribution >= 4 is 11.9 Å². The molecule has 104 valence electrons. The largest absolute Gasteiger partial charge is 0.469 e. The van der Waals surface area contributed by atoms with Crippen LogP contribution in [0.25, 0.3) is 0 Å². The van der Waals surface area contributed by atoms with Crippen molar-refractivity contribution in [1.82, 2.24) is 14.7 Å². The van der Waals surface area contributed by atoms with Gasteiger partial charge in [0.25, 0.3) is 5.91 Å². The summed E-state index contributed by atoms with van der Waals surface area (Å²) in [5, 5.41) is 4.17. The van der Waals surface area contributed by atoms with E-state index in [4.69, 9.17) is 4.74 Å². The second-order valence-corrected chi connectivity index (χ2v) is 5.12. The molecule has 2 rings (SSSR count). The molecule has 19 heavy (non-hydrogen) atoms. The molecule has 0 N–H and O–H groups in total. The predicted octanol–water partition coefficient (Wildman–Crippen LogP) is 0.610. The molecule has 2 heterocycles. The molecule has 1 aliphatic heterocycles. The van der Waals surface area contributed by atoms with Crippen LogP contribution in [0.4, 0.5) is 0 Å². The molecular weight excluding hydrogens is 246 g/mol. The molecule has 6 heteroatoms. The molecule has 2 atom stereocenters. The number of nitrogens with zero attached hydrogens (tertiary/aromatic N) is 3. The van der Waals surface area contributed by atoms with Crippen molar-refractivity contribution < 1.29 is 14.3 Å². The van der Waals surface area contributed by atoms with Gasteiger partial charge >= 0.3 is 5.97 Å². The number of hydrogen-bond acceptors (Lipinski definition) is 4. The standard InChI is InChI=1S/C13H19N3O3/c1-8-5-16(7-10(8)13(18)19-4)12(17)11-6-15(3)14-9(11)2/h6,8,10H,5,7H2,1-4H3. The third-order valence-corrected chi connectivity index (χ3v) is 3.65. The van der Waals surface area contributed by atoms with Gasteiger partial charge in [0.2, 0.25) is 0 Å². The minimum Gasteiger partial charge on any atom is -0.469 e. The van der Waals surface area contributed by atoms with Gasteiger partial charge in [-0.1, -0.05) is 6.92 Å². The molecule has 6 nitrogen and oxygen atoms in total. The minimum atomic E-state index is -0.245. The molecule has 2 unspecified atom stereocenters. The summed E-state index contributed by atoms with van der Waals surface area (Å²) >= 11 is 0. The first-order valence-corrected chi connectivity index (χ1v) is 6.31. The topological polar surface area (TPSA) is 64.4 Å². The molecule has 1 fully saturated rings. The smallest absolute Gasteiger partial charge is 0.310 e. The Bertz CT molecular complexity index is 509. The van der Waals surface area contributed by atoms with Crippen molar-refractivity contribution in [3.05, 3.63) is 17.5 Å². The van der Waals surface area contributed by atoms with Crippen molar-refractivity contribution in [2.24, 2.45) is 18.9 Å². The highest BCUT2D eigenvalue weighted by atomic mass is 16.5. The highest BCUT2D eigenvalue weighted by molar-refractivity contribution is 5.95. The Morgan fingerprint density at radius 2 is 2.11 bits per heavy atom. The van der Waals surface area contributed by atoms with Gasteiger partial charge in [-0.2, -0.15) is 5.10 Å². The highest BCUT2D eigenvalue weighted by Crippen LogP contribution is 2.25. The molecule has 0 aromatic carbocycles. The molecule has 0 bridgehead atoms. The lowest BCUT2D eigenvalue weighted by molar-refractivity contribution is -0.146. The third kappa shape index (κ3) is 2.47. The van der Waals surface area contributed by atoms with Crippen molar-refractivity contribution in [1.29, 1.82) is 0 Å². The van der Waals surface area contributed by atoms with Gasteiger partial charge in [0, 0.05) is 26.3 Å². The van der Waals surface area contributed by atoms with E-state index < -0.39 is 0 Å². The second-order valence-electron chi connectivity index (χ2n) is 5.12. The Morgan fingerprint density at radius 1 is 1.42 bits per heavy atom. The normalized spacial score (nSPS) is 22.6. The molecular formula is C13H19N3O3. The van der Waals surface area contributed by atoms with E-state index in [2.05, 4.69) is 5.10 Å². The number of carbonyl (C=O) groups is 2. The van der Waals surface area contributed by atoms with Crippen molar-refractivity contribution in [2.75, 3.05) is 20.2 Å². The first-order valence-electron chi connectivity index (χ1n) is 6.31. The maximum atomic E-state index is 12.4. The van der Waals surface area contributed by atoms with Crippen LogP contribution in [0.3, 0.4) is 0 Å². The summed E-state index contributed by atoms with van der Waals surface area (Å²) < 4.78 is 6.40. The summed E-state index contributed by atoms with van der Waals surface area (Å²) in [4.78, 5) is 25.7. The zero-order valence-electron chi connectivity index (χ0n) is 11.7. The van der Waals surface area contributed by atoms with Crippen molar-refractivity contribution in [3.8, 4) is 0 Å². The number of amides is 1. The summed E-state index contributed by atoms with van der Waals surface area (Å²) in [5.74, 6) is -0.422. The summed E-state index contributed by atoms with van der Waals surface area (Å²) in [6, 6.07) is 0. The van der Waals surface area contributed by atoms with Gasteiger partial charge in [-0.15, -0.1) is 0 Å². The van der Waals surface area contributed by atoms with Crippen LogP contribution in [0.2, 0.25) is 0 Å². The van der Waals surface area contributed by atoms with Crippen LogP contribution in [0, 0.1) is 18.8 Å². The maximum absolute atomic E-state index is 12.4. The van der Waals surface area contributed by atoms with Gasteiger partial charge in [0.05, 0.1) is 24.3 Å². The average Bonchev–Trinajstić information content (AvgIpc) is 2.90. The Labute approximate surface area is 112 Å². The number of esters is 1. The van der Waals surface area contributed by atoms with Gasteiger partial charge in [0.1, 0.15) is 0 Å². The minimum absolute atomic E-state index is 0.0659. The zero-order valence-corrected chi connectivity index (χ0v) is 11.7. The van der Waals surface area contributed by atoms with Crippen LogP contribution < -0.4 is 0 Å². The number of likely N-dealkylation sites (tertiary alicyclic amines) is 1. The van der Waals surface area contributed by atoms with E-state index >= 15 is 0 Å². The lowest BCUT2D eigenvalue weighted by Gasteiger charge is -2.15. The summed E-state index contributed by atoms with van der Waals surface area (Å²) in [5.41, 5.74) is 1.31. The van der Waals surface area contributed by atoms with Crippen LogP contribution in [0.5, 0.6) is 0 Å². The molecule has 0 radical (unpaired) electrons. The molecule has 0 saturated carbocycles. The average molecular weight is 265 g/mol. The van der Waals surface area contributed by atoms with Gasteiger partial charge in [-0.05, 0) is 12.8 Å². The fraction of sp³-hybridized carbons (Fsp3) is 0.615. The number of ether oxygens (including phenoxy) is 1. The summed E-state index contributed by atoms with van der Waals surface area (Å²) in [6.07, 6.45) is 1.72. The number of carbonyl (C=O) groups excluding carboxylic acids is 2. The van der Waals surface area contributed by atoms with E-state index in [0.717, 1.165) is 0 Å². The van der Waals surface area contributed by atoms with Gasteiger partial charge in [-0.3, -0.25) is 14.3 Å². The first-order chi connectivity index (χ1) is 8.93. The van der Waals surface area contributed by atoms with Crippen LogP contribution >= 0.6 is 0 Å². The lowest BCUT2D eigenvalue weighted by atomic mass is 9.99. The van der Waals surface area contributed by atoms with E-state index in [-0.39, 0.29) is 23.7 Å². The molecule has 0 spiro atoms. The van der Waals surface area contributed by atoms with Crippen molar-refractivity contribution in [3.63, 3.8) is 0 Å². The van der Waals surface area contributed by atoms with Crippen LogP contribution in [0.1, 0.15) is 23.0 Å². The Kier molecular flexibility index (Phi) is 3.59. The number of aryl methyl sites for hydroxylation is 2. The van der Waals surface area contributed by atoms with E-state index in [9.17, 15) is 9.59 Å². The molecule has 1 aromatic heterocycles. The SMILES string of the molecule is COC(=O)C1CN(C(=O)c2cn(C)nc2C)CC1C. The number of aromatic nitrogens is 2. The van der Waals surface area contributed by atoms with E-state index in [1.807, 2.05) is 13.8 Å². The summed E-state index contributed by atoms with van der Waals surface area (Å²) in [6.45, 7) is 4.77. The Balaban J connectivity index is 2.14. The van der Waals surface area contributed by atoms with E-state index in [1.165, 1.54) is 7.11 Å². The first kappa shape index (κ1) is 13.6. The molecule has 1 aliphatic rings. The van der Waals surface area contributed by atoms with Gasteiger partial charge in [-0.25, -0.2) is 0 Å². The van der Waals surface area contributed by atoms with Gasteiger partial charge < -0.3 is 9.64 Å². The molecule has 0 aliphatic carbocycles. The molecule has 1 aromatic rings. The monoisotopic (exact) mass is 265 g/mol. The fourth-order valence-corrected chi connectivity index (χ4v) is 2.57. The van der Waals surface area contributed by atoms with Crippen molar-refractivity contribution in [2.45, 2.75) is 13.8 Å². The van der Waals surface area contributed by atoms with Crippen LogP contribution in [0.15, 0.2) is 6.20 Å². The number of hydrogen-bond donors (Lipinski definition) is 0. The van der Waals surface area contributed by atoms with E-state index in [1.54, 1.807) is 22.8 Å². The fourth-order valence-electron chi connectivity index (χ4n) is 2.57. The van der Waals surface area contributed by atoms with Crippen LogP contribution in [-0.4, -0.2) is 46.8 Å². The quantitative estimate of drug-likeness (QED) is 0.735. The van der Waals surface area contributed by atoms with E-state index in [0.29, 0.717) is 24.3 Å². The Hall–Kier alpha value is -1.85. The third-order valence-electron chi connectivity index (χ3n) is 3.65. The highest BCUT2D eigenvalue weighted by Gasteiger charge is 2.38. The molecule has 1 amide bonds. The Morgan fingerprint density at radius 3 is 2.63 bits per heavy atom. The van der Waals surface area contributed by atoms with Crippen LogP contribution in [-0.2, 0) is 16.6 Å². The predicted molar refractivity (Wildman–Crippen MR) is 68.5 cm³/mol. The lowest BCUT2D eigenvalue weighted by Crippen LogP contribution is -2.30. The number of rotatable bonds is 2. The second kappa shape index (κ2) is 5.03. The van der Waals surface area contributed by atoms with Gasteiger partial charge in [0.15, 0.2) is 0 Å². The summed E-state index contributed by atoms with van der Waals surface area (Å²) in [7, 11) is 3.17.